The van der Waals surface area contributed by atoms with Crippen molar-refractivity contribution in [2.45, 2.75) is 19.8 Å². The summed E-state index contributed by atoms with van der Waals surface area (Å²) in [4.78, 5) is 11.0. The Balaban J connectivity index is 0.00000196. The van der Waals surface area contributed by atoms with Gasteiger partial charge in [0.1, 0.15) is 0 Å². The Kier molecular flexibility index (Phi) is 6.54. The van der Waals surface area contributed by atoms with Gasteiger partial charge in [-0.2, -0.15) is 0 Å². The normalized spacial score (nSPS) is 9.13. The van der Waals surface area contributed by atoms with E-state index in [1.165, 1.54) is 0 Å². The van der Waals surface area contributed by atoms with Crippen molar-refractivity contribution in [3.8, 4) is 0 Å². The highest BCUT2D eigenvalue weighted by Gasteiger charge is 2.01. The Morgan fingerprint density at radius 3 is 2.47 bits per heavy atom. The van der Waals surface area contributed by atoms with E-state index in [1.807, 2.05) is 24.3 Å². The SMILES string of the molecule is CCOC(=O)CCc1ccc(N)cc1.Cl. The van der Waals surface area contributed by atoms with Crippen molar-refractivity contribution < 1.29 is 9.53 Å². The first-order valence-electron chi connectivity index (χ1n) is 4.72. The first-order valence-corrected chi connectivity index (χ1v) is 4.72. The predicted molar refractivity (Wildman–Crippen MR) is 63.1 cm³/mol. The van der Waals surface area contributed by atoms with E-state index >= 15 is 0 Å². The van der Waals surface area contributed by atoms with Gasteiger partial charge in [0.25, 0.3) is 0 Å². The average molecular weight is 230 g/mol. The van der Waals surface area contributed by atoms with Crippen molar-refractivity contribution in [3.05, 3.63) is 29.8 Å². The Morgan fingerprint density at radius 1 is 1.33 bits per heavy atom. The van der Waals surface area contributed by atoms with Crippen LogP contribution < -0.4 is 5.73 Å². The van der Waals surface area contributed by atoms with Gasteiger partial charge in [-0.3, -0.25) is 4.79 Å². The highest BCUT2D eigenvalue weighted by molar-refractivity contribution is 5.85. The van der Waals surface area contributed by atoms with Crippen LogP contribution in [0.5, 0.6) is 0 Å². The third-order valence-corrected chi connectivity index (χ3v) is 1.90. The van der Waals surface area contributed by atoms with E-state index in [2.05, 4.69) is 0 Å². The largest absolute Gasteiger partial charge is 0.466 e. The molecule has 0 aliphatic carbocycles. The lowest BCUT2D eigenvalue weighted by molar-refractivity contribution is -0.143. The van der Waals surface area contributed by atoms with E-state index in [0.29, 0.717) is 19.4 Å². The van der Waals surface area contributed by atoms with E-state index in [4.69, 9.17) is 10.5 Å². The molecule has 2 N–H and O–H groups in total. The van der Waals surface area contributed by atoms with E-state index < -0.39 is 0 Å². The maximum atomic E-state index is 11.0. The lowest BCUT2D eigenvalue weighted by Crippen LogP contribution is -2.05. The van der Waals surface area contributed by atoms with Crippen molar-refractivity contribution in [1.29, 1.82) is 0 Å². The molecule has 0 spiro atoms. The van der Waals surface area contributed by atoms with Crippen molar-refractivity contribution in [2.75, 3.05) is 12.3 Å². The molecule has 1 aromatic rings. The van der Waals surface area contributed by atoms with Gasteiger partial charge in [-0.25, -0.2) is 0 Å². The molecule has 0 saturated carbocycles. The summed E-state index contributed by atoms with van der Waals surface area (Å²) in [5.41, 5.74) is 7.38. The molecule has 3 nitrogen and oxygen atoms in total. The zero-order valence-corrected chi connectivity index (χ0v) is 9.55. The maximum Gasteiger partial charge on any atom is 0.306 e. The number of carbonyl (C=O) groups is 1. The van der Waals surface area contributed by atoms with Crippen LogP contribution in [0.3, 0.4) is 0 Å². The van der Waals surface area contributed by atoms with Crippen LogP contribution in [-0.4, -0.2) is 12.6 Å². The first kappa shape index (κ1) is 13.8. The number of rotatable bonds is 4. The second-order valence-corrected chi connectivity index (χ2v) is 3.05. The predicted octanol–water partition coefficient (Wildman–Crippen LogP) is 2.19. The molecule has 0 unspecified atom stereocenters. The number of benzene rings is 1. The highest BCUT2D eigenvalue weighted by atomic mass is 35.5. The number of nitrogen functional groups attached to an aromatic ring is 1. The molecular formula is C11H16ClNO2. The minimum atomic E-state index is -0.149. The van der Waals surface area contributed by atoms with Gasteiger partial charge in [0.15, 0.2) is 0 Å². The molecule has 0 aromatic heterocycles. The molecule has 0 radical (unpaired) electrons. The summed E-state index contributed by atoms with van der Waals surface area (Å²) in [5, 5.41) is 0. The van der Waals surface area contributed by atoms with Gasteiger partial charge >= 0.3 is 5.97 Å². The van der Waals surface area contributed by atoms with Crippen LogP contribution in [0.2, 0.25) is 0 Å². The van der Waals surface area contributed by atoms with Gasteiger partial charge in [-0.1, -0.05) is 12.1 Å². The van der Waals surface area contributed by atoms with Crippen LogP contribution in [0.4, 0.5) is 5.69 Å². The molecule has 0 aliphatic rings. The fourth-order valence-corrected chi connectivity index (χ4v) is 1.16. The topological polar surface area (TPSA) is 52.3 Å². The third-order valence-electron chi connectivity index (χ3n) is 1.90. The summed E-state index contributed by atoms with van der Waals surface area (Å²) in [7, 11) is 0. The van der Waals surface area contributed by atoms with Crippen LogP contribution in [-0.2, 0) is 16.0 Å². The van der Waals surface area contributed by atoms with Gasteiger partial charge in [0.2, 0.25) is 0 Å². The van der Waals surface area contributed by atoms with Crippen molar-refractivity contribution in [2.24, 2.45) is 0 Å². The summed E-state index contributed by atoms with van der Waals surface area (Å²) in [6, 6.07) is 7.52. The Hall–Kier alpha value is -1.22. The summed E-state index contributed by atoms with van der Waals surface area (Å²) >= 11 is 0. The van der Waals surface area contributed by atoms with Gasteiger partial charge in [-0.15, -0.1) is 12.4 Å². The molecule has 0 fully saturated rings. The van der Waals surface area contributed by atoms with E-state index in [1.54, 1.807) is 6.92 Å². The molecule has 0 aliphatic heterocycles. The van der Waals surface area contributed by atoms with Crippen LogP contribution in [0, 0.1) is 0 Å². The van der Waals surface area contributed by atoms with Gasteiger partial charge in [0.05, 0.1) is 6.61 Å². The smallest absolute Gasteiger partial charge is 0.306 e. The number of carbonyl (C=O) groups excluding carboxylic acids is 1. The number of halogens is 1. The molecule has 0 atom stereocenters. The standard InChI is InChI=1S/C11H15NO2.ClH/c1-2-14-11(13)8-5-9-3-6-10(12)7-4-9;/h3-4,6-7H,2,5,8,12H2,1H3;1H. The quantitative estimate of drug-likeness (QED) is 0.636. The van der Waals surface area contributed by atoms with E-state index in [-0.39, 0.29) is 18.4 Å². The number of anilines is 1. The zero-order valence-electron chi connectivity index (χ0n) is 8.73. The lowest BCUT2D eigenvalue weighted by atomic mass is 10.1. The van der Waals surface area contributed by atoms with Crippen LogP contribution in [0.15, 0.2) is 24.3 Å². The number of nitrogens with two attached hydrogens (primary N) is 1. The molecule has 0 bridgehead atoms. The van der Waals surface area contributed by atoms with Gasteiger partial charge < -0.3 is 10.5 Å². The second kappa shape index (κ2) is 7.12. The minimum Gasteiger partial charge on any atom is -0.466 e. The Morgan fingerprint density at radius 2 is 1.93 bits per heavy atom. The zero-order chi connectivity index (χ0) is 10.4. The summed E-state index contributed by atoms with van der Waals surface area (Å²) in [6.45, 7) is 2.25. The Labute approximate surface area is 96.0 Å². The van der Waals surface area contributed by atoms with E-state index in [9.17, 15) is 4.79 Å². The molecule has 84 valence electrons. The maximum absolute atomic E-state index is 11.0. The molecule has 15 heavy (non-hydrogen) atoms. The summed E-state index contributed by atoms with van der Waals surface area (Å²) in [6.07, 6.45) is 1.14. The third kappa shape index (κ3) is 5.27. The molecular weight excluding hydrogens is 214 g/mol. The van der Waals surface area contributed by atoms with Crippen molar-refractivity contribution >= 4 is 24.1 Å². The monoisotopic (exact) mass is 229 g/mol. The van der Waals surface area contributed by atoms with Gasteiger partial charge in [0, 0.05) is 12.1 Å². The van der Waals surface area contributed by atoms with Crippen LogP contribution in [0.25, 0.3) is 0 Å². The number of hydrogen-bond donors (Lipinski definition) is 1. The molecule has 0 amide bonds. The molecule has 1 rings (SSSR count). The second-order valence-electron chi connectivity index (χ2n) is 3.05. The van der Waals surface area contributed by atoms with E-state index in [0.717, 1.165) is 11.3 Å². The van der Waals surface area contributed by atoms with Crippen LogP contribution in [0.1, 0.15) is 18.9 Å². The fraction of sp³-hybridized carbons (Fsp3) is 0.364. The molecule has 4 heteroatoms. The van der Waals surface area contributed by atoms with Gasteiger partial charge in [-0.05, 0) is 31.0 Å². The number of hydrogen-bond acceptors (Lipinski definition) is 3. The first-order chi connectivity index (χ1) is 6.72. The number of esters is 1. The molecule has 0 saturated heterocycles. The summed E-state index contributed by atoms with van der Waals surface area (Å²) in [5.74, 6) is -0.149. The number of aryl methyl sites for hydroxylation is 1. The lowest BCUT2D eigenvalue weighted by Gasteiger charge is -2.02. The minimum absolute atomic E-state index is 0. The molecule has 1 aromatic carbocycles. The van der Waals surface area contributed by atoms with Crippen molar-refractivity contribution in [3.63, 3.8) is 0 Å². The highest BCUT2D eigenvalue weighted by Crippen LogP contribution is 2.07. The van der Waals surface area contributed by atoms with Crippen LogP contribution >= 0.6 is 12.4 Å². The Bertz CT molecular complexity index is 298. The average Bonchev–Trinajstić information content (AvgIpc) is 2.17. The van der Waals surface area contributed by atoms with Crippen molar-refractivity contribution in [1.82, 2.24) is 0 Å². The summed E-state index contributed by atoms with van der Waals surface area (Å²) < 4.78 is 4.82. The molecule has 0 heterocycles. The fourth-order valence-electron chi connectivity index (χ4n) is 1.16. The number of ether oxygens (including phenoxy) is 1.